The van der Waals surface area contributed by atoms with Crippen LogP contribution in [-0.4, -0.2) is 11.8 Å². The zero-order valence-corrected chi connectivity index (χ0v) is 13.1. The van der Waals surface area contributed by atoms with Crippen LogP contribution in [0.4, 0.5) is 5.69 Å². The Balaban J connectivity index is 2.12. The quantitative estimate of drug-likeness (QED) is 0.892. The molecule has 0 saturated heterocycles. The summed E-state index contributed by atoms with van der Waals surface area (Å²) in [6, 6.07) is 12.5. The molecule has 0 unspecified atom stereocenters. The summed E-state index contributed by atoms with van der Waals surface area (Å²) in [6.07, 6.45) is 0.193. The molecule has 0 aliphatic rings. The second-order valence-corrected chi connectivity index (χ2v) is 5.56. The minimum absolute atomic E-state index is 0.170. The van der Waals surface area contributed by atoms with Crippen LogP contribution in [0.1, 0.15) is 21.5 Å². The van der Waals surface area contributed by atoms with Crippen LogP contribution >= 0.6 is 15.9 Å². The second-order valence-electron chi connectivity index (χ2n) is 4.71. The van der Waals surface area contributed by atoms with Gasteiger partial charge in [0.1, 0.15) is 0 Å². The molecule has 2 aromatic carbocycles. The summed E-state index contributed by atoms with van der Waals surface area (Å²) in [7, 11) is 0. The van der Waals surface area contributed by atoms with Crippen LogP contribution in [0.5, 0.6) is 0 Å². The molecule has 2 amide bonds. The predicted molar refractivity (Wildman–Crippen MR) is 86.2 cm³/mol. The van der Waals surface area contributed by atoms with Gasteiger partial charge in [0.25, 0.3) is 5.91 Å². The Labute approximate surface area is 131 Å². The lowest BCUT2D eigenvalue weighted by Crippen LogP contribution is -2.15. The highest BCUT2D eigenvalue weighted by Gasteiger charge is 2.11. The Morgan fingerprint density at radius 3 is 2.43 bits per heavy atom. The van der Waals surface area contributed by atoms with Gasteiger partial charge in [0.05, 0.1) is 6.42 Å². The van der Waals surface area contributed by atoms with E-state index < -0.39 is 0 Å². The topological polar surface area (TPSA) is 72.2 Å². The number of carbonyl (C=O) groups is 2. The molecular formula is C16H15BrN2O2. The minimum atomic E-state index is -0.378. The Morgan fingerprint density at radius 1 is 1.14 bits per heavy atom. The molecule has 21 heavy (non-hydrogen) atoms. The summed E-state index contributed by atoms with van der Waals surface area (Å²) < 4.78 is 0.895. The molecule has 3 N–H and O–H groups in total. The normalized spacial score (nSPS) is 10.2. The molecule has 0 saturated carbocycles. The second kappa shape index (κ2) is 6.54. The average Bonchev–Trinajstić information content (AvgIpc) is 2.43. The number of rotatable bonds is 4. The lowest BCUT2D eigenvalue weighted by Gasteiger charge is -2.09. The van der Waals surface area contributed by atoms with Gasteiger partial charge < -0.3 is 11.1 Å². The number of primary amides is 1. The molecule has 0 aromatic heterocycles. The first-order valence-corrected chi connectivity index (χ1v) is 7.20. The van der Waals surface area contributed by atoms with Gasteiger partial charge in [0, 0.05) is 15.7 Å². The zero-order chi connectivity index (χ0) is 15.4. The van der Waals surface area contributed by atoms with Crippen molar-refractivity contribution in [3.63, 3.8) is 0 Å². The van der Waals surface area contributed by atoms with Crippen molar-refractivity contribution in [1.82, 2.24) is 0 Å². The smallest absolute Gasteiger partial charge is 0.255 e. The van der Waals surface area contributed by atoms with Crippen molar-refractivity contribution in [2.24, 2.45) is 5.73 Å². The van der Waals surface area contributed by atoms with Gasteiger partial charge in [-0.25, -0.2) is 0 Å². The summed E-state index contributed by atoms with van der Waals surface area (Å²) in [4.78, 5) is 23.1. The summed E-state index contributed by atoms with van der Waals surface area (Å²) in [5, 5.41) is 2.83. The number of nitrogens with two attached hydrogens (primary N) is 1. The largest absolute Gasteiger partial charge is 0.369 e. The zero-order valence-electron chi connectivity index (χ0n) is 11.5. The molecule has 5 heteroatoms. The molecule has 0 bridgehead atoms. The fraction of sp³-hybridized carbons (Fsp3) is 0.125. The Kier molecular flexibility index (Phi) is 4.75. The number of carbonyl (C=O) groups excluding carboxylic acids is 2. The van der Waals surface area contributed by atoms with E-state index in [1.165, 1.54) is 0 Å². The van der Waals surface area contributed by atoms with Gasteiger partial charge in [-0.3, -0.25) is 9.59 Å². The van der Waals surface area contributed by atoms with Crippen LogP contribution in [-0.2, 0) is 11.2 Å². The molecule has 0 fully saturated rings. The third kappa shape index (κ3) is 3.92. The maximum atomic E-state index is 12.2. The Hall–Kier alpha value is -2.14. The molecule has 0 atom stereocenters. The molecule has 0 aliphatic heterocycles. The lowest BCUT2D eigenvalue weighted by molar-refractivity contribution is -0.117. The summed E-state index contributed by atoms with van der Waals surface area (Å²) >= 11 is 3.41. The van der Waals surface area contributed by atoms with Gasteiger partial charge in [0.15, 0.2) is 0 Å². The molecule has 2 rings (SSSR count). The molecule has 108 valence electrons. The van der Waals surface area contributed by atoms with Crippen LogP contribution in [0.2, 0.25) is 0 Å². The van der Waals surface area contributed by atoms with Crippen LogP contribution in [0.3, 0.4) is 0 Å². The van der Waals surface area contributed by atoms with E-state index in [1.54, 1.807) is 30.3 Å². The number of nitrogens with one attached hydrogen (secondary N) is 1. The molecular weight excluding hydrogens is 332 g/mol. The monoisotopic (exact) mass is 346 g/mol. The van der Waals surface area contributed by atoms with Crippen molar-refractivity contribution in [2.75, 3.05) is 5.32 Å². The fourth-order valence-electron chi connectivity index (χ4n) is 1.96. The highest BCUT2D eigenvalue weighted by atomic mass is 79.9. The molecule has 0 radical (unpaired) electrons. The first-order chi connectivity index (χ1) is 9.97. The van der Waals surface area contributed by atoms with E-state index in [9.17, 15) is 9.59 Å². The highest BCUT2D eigenvalue weighted by molar-refractivity contribution is 9.10. The van der Waals surface area contributed by atoms with Gasteiger partial charge in [0.2, 0.25) is 5.91 Å². The van der Waals surface area contributed by atoms with E-state index in [2.05, 4.69) is 21.2 Å². The molecule has 0 heterocycles. The maximum Gasteiger partial charge on any atom is 0.255 e. The van der Waals surface area contributed by atoms with Crippen LogP contribution < -0.4 is 11.1 Å². The van der Waals surface area contributed by atoms with Gasteiger partial charge in [-0.15, -0.1) is 0 Å². The van der Waals surface area contributed by atoms with E-state index in [-0.39, 0.29) is 18.2 Å². The third-order valence-electron chi connectivity index (χ3n) is 3.10. The Bertz CT molecular complexity index is 681. The summed E-state index contributed by atoms with van der Waals surface area (Å²) in [5.41, 5.74) is 8.13. The standard InChI is InChI=1S/C16H15BrN2O2/c1-10-13(3-2-4-14(10)17)16(21)19-12-7-5-11(6-8-12)9-15(18)20/h2-8H,9H2,1H3,(H2,18,20)(H,19,21). The van der Waals surface area contributed by atoms with Gasteiger partial charge in [-0.2, -0.15) is 0 Å². The van der Waals surface area contributed by atoms with Gasteiger partial charge in [-0.1, -0.05) is 34.1 Å². The molecule has 4 nitrogen and oxygen atoms in total. The first kappa shape index (κ1) is 15.3. The molecule has 0 aliphatic carbocycles. The van der Waals surface area contributed by atoms with E-state index in [0.29, 0.717) is 11.3 Å². The van der Waals surface area contributed by atoms with Crippen molar-refractivity contribution in [2.45, 2.75) is 13.3 Å². The Morgan fingerprint density at radius 2 is 1.81 bits per heavy atom. The van der Waals surface area contributed by atoms with Crippen LogP contribution in [0.15, 0.2) is 46.9 Å². The first-order valence-electron chi connectivity index (χ1n) is 6.41. The van der Waals surface area contributed by atoms with Gasteiger partial charge in [-0.05, 0) is 42.3 Å². The average molecular weight is 347 g/mol. The fourth-order valence-corrected chi connectivity index (χ4v) is 2.33. The van der Waals surface area contributed by atoms with Crippen molar-refractivity contribution in [1.29, 1.82) is 0 Å². The van der Waals surface area contributed by atoms with Crippen LogP contribution in [0.25, 0.3) is 0 Å². The number of hydrogen-bond donors (Lipinski definition) is 2. The number of amides is 2. The van der Waals surface area contributed by atoms with Crippen molar-refractivity contribution >= 4 is 33.4 Å². The maximum absolute atomic E-state index is 12.2. The van der Waals surface area contributed by atoms with E-state index in [4.69, 9.17) is 5.73 Å². The lowest BCUT2D eigenvalue weighted by atomic mass is 10.1. The third-order valence-corrected chi connectivity index (χ3v) is 3.96. The predicted octanol–water partition coefficient (Wildman–Crippen LogP) is 3.04. The SMILES string of the molecule is Cc1c(Br)cccc1C(=O)Nc1ccc(CC(N)=O)cc1. The number of anilines is 1. The summed E-state index contributed by atoms with van der Waals surface area (Å²) in [6.45, 7) is 1.88. The summed E-state index contributed by atoms with van der Waals surface area (Å²) in [5.74, 6) is -0.548. The van der Waals surface area contributed by atoms with Crippen molar-refractivity contribution < 1.29 is 9.59 Å². The highest BCUT2D eigenvalue weighted by Crippen LogP contribution is 2.20. The van der Waals surface area contributed by atoms with Crippen LogP contribution in [0, 0.1) is 6.92 Å². The van der Waals surface area contributed by atoms with E-state index >= 15 is 0 Å². The number of hydrogen-bond acceptors (Lipinski definition) is 2. The number of halogens is 1. The molecule has 2 aromatic rings. The van der Waals surface area contributed by atoms with E-state index in [0.717, 1.165) is 15.6 Å². The minimum Gasteiger partial charge on any atom is -0.369 e. The van der Waals surface area contributed by atoms with Crippen molar-refractivity contribution in [3.05, 3.63) is 63.6 Å². The van der Waals surface area contributed by atoms with E-state index in [1.807, 2.05) is 19.1 Å². The number of benzene rings is 2. The van der Waals surface area contributed by atoms with Crippen molar-refractivity contribution in [3.8, 4) is 0 Å². The van der Waals surface area contributed by atoms with Gasteiger partial charge >= 0.3 is 0 Å². The molecule has 0 spiro atoms.